The summed E-state index contributed by atoms with van der Waals surface area (Å²) >= 11 is 0. The molecule has 0 aliphatic heterocycles. The van der Waals surface area contributed by atoms with Gasteiger partial charge in [0.1, 0.15) is 6.61 Å². The Morgan fingerprint density at radius 1 is 1.06 bits per heavy atom. The van der Waals surface area contributed by atoms with Crippen molar-refractivity contribution < 1.29 is 29.3 Å². The Balaban J connectivity index is 1.62. The van der Waals surface area contributed by atoms with Gasteiger partial charge in [0.15, 0.2) is 5.54 Å². The third kappa shape index (κ3) is 5.75. The number of hydrogen-bond donors (Lipinski definition) is 4. The van der Waals surface area contributed by atoms with E-state index in [1.54, 1.807) is 0 Å². The molecule has 1 aliphatic rings. The van der Waals surface area contributed by atoms with Crippen LogP contribution in [0.4, 0.5) is 4.79 Å². The van der Waals surface area contributed by atoms with Crippen LogP contribution in [-0.4, -0.2) is 53.0 Å². The van der Waals surface area contributed by atoms with Gasteiger partial charge < -0.3 is 25.6 Å². The smallest absolute Gasteiger partial charge is 0.407 e. The quantitative estimate of drug-likeness (QED) is 0.400. The summed E-state index contributed by atoms with van der Waals surface area (Å²) in [5, 5.41) is 23.7. The first-order chi connectivity index (χ1) is 16.3. The summed E-state index contributed by atoms with van der Waals surface area (Å²) in [4.78, 5) is 36.4. The second-order valence-corrected chi connectivity index (χ2v) is 8.86. The average Bonchev–Trinajstić information content (AvgIpc) is 3.14. The first-order valence-corrected chi connectivity index (χ1v) is 11.6. The molecule has 4 N–H and O–H groups in total. The molecule has 2 amide bonds. The van der Waals surface area contributed by atoms with Gasteiger partial charge >= 0.3 is 12.1 Å². The number of hydrogen-bond acceptors (Lipinski definition) is 5. The number of aliphatic hydroxyl groups excluding tert-OH is 1. The molecule has 8 heteroatoms. The third-order valence-electron chi connectivity index (χ3n) is 6.21. The molecule has 0 saturated heterocycles. The average molecular weight is 469 g/mol. The van der Waals surface area contributed by atoms with E-state index in [1.165, 1.54) is 6.92 Å². The summed E-state index contributed by atoms with van der Waals surface area (Å²) in [7, 11) is 0. The van der Waals surface area contributed by atoms with Crippen LogP contribution in [0.5, 0.6) is 0 Å². The van der Waals surface area contributed by atoms with Gasteiger partial charge in [0.2, 0.25) is 5.91 Å². The van der Waals surface area contributed by atoms with E-state index in [2.05, 4.69) is 22.8 Å². The van der Waals surface area contributed by atoms with Crippen LogP contribution in [0.25, 0.3) is 11.1 Å². The fourth-order valence-electron chi connectivity index (χ4n) is 4.23. The van der Waals surface area contributed by atoms with Crippen molar-refractivity contribution in [3.05, 3.63) is 59.7 Å². The van der Waals surface area contributed by atoms with Crippen molar-refractivity contribution in [1.29, 1.82) is 0 Å². The molecule has 3 rings (SSSR count). The Kier molecular flexibility index (Phi) is 8.28. The second kappa shape index (κ2) is 11.2. The highest BCUT2D eigenvalue weighted by Gasteiger charge is 2.35. The van der Waals surface area contributed by atoms with Crippen molar-refractivity contribution in [1.82, 2.24) is 10.6 Å². The Labute approximate surface area is 199 Å². The van der Waals surface area contributed by atoms with Gasteiger partial charge in [0.05, 0.1) is 6.61 Å². The molecule has 1 unspecified atom stereocenters. The van der Waals surface area contributed by atoms with Crippen LogP contribution in [0.1, 0.15) is 56.6 Å². The number of aliphatic hydroxyl groups is 1. The van der Waals surface area contributed by atoms with E-state index in [1.807, 2.05) is 43.3 Å². The fraction of sp³-hybridized carbons (Fsp3) is 0.423. The molecular formula is C26H32N2O6. The highest BCUT2D eigenvalue weighted by molar-refractivity contribution is 5.87. The fourth-order valence-corrected chi connectivity index (χ4v) is 4.23. The lowest BCUT2D eigenvalue weighted by atomic mass is 9.98. The number of amides is 2. The van der Waals surface area contributed by atoms with E-state index in [0.29, 0.717) is 6.42 Å². The van der Waals surface area contributed by atoms with E-state index in [4.69, 9.17) is 4.74 Å². The minimum absolute atomic E-state index is 0.0728. The van der Waals surface area contributed by atoms with Crippen molar-refractivity contribution >= 4 is 18.0 Å². The SMILES string of the molecule is CCCC[C@H](CC(=O)NC(C)(CO)C(=O)O)NC(=O)OCC1c2ccccc2-c2ccccc21. The number of carbonyl (C=O) groups excluding carboxylic acids is 2. The van der Waals surface area contributed by atoms with Crippen molar-refractivity contribution in [2.45, 2.75) is 57.0 Å². The van der Waals surface area contributed by atoms with Gasteiger partial charge in [-0.15, -0.1) is 0 Å². The zero-order valence-electron chi connectivity index (χ0n) is 19.5. The molecule has 8 nitrogen and oxygen atoms in total. The molecule has 182 valence electrons. The molecular weight excluding hydrogens is 436 g/mol. The number of nitrogens with one attached hydrogen (secondary N) is 2. The lowest BCUT2D eigenvalue weighted by molar-refractivity contribution is -0.148. The van der Waals surface area contributed by atoms with E-state index >= 15 is 0 Å². The topological polar surface area (TPSA) is 125 Å². The van der Waals surface area contributed by atoms with Gasteiger partial charge in [-0.3, -0.25) is 4.79 Å². The summed E-state index contributed by atoms with van der Waals surface area (Å²) in [5.74, 6) is -1.98. The maximum Gasteiger partial charge on any atom is 0.407 e. The highest BCUT2D eigenvalue weighted by Crippen LogP contribution is 2.44. The molecule has 2 aromatic rings. The number of aliphatic carboxylic acids is 1. The Morgan fingerprint density at radius 2 is 1.65 bits per heavy atom. The zero-order chi connectivity index (χ0) is 24.7. The van der Waals surface area contributed by atoms with Gasteiger partial charge in [-0.25, -0.2) is 9.59 Å². The van der Waals surface area contributed by atoms with Gasteiger partial charge in [0.25, 0.3) is 0 Å². The number of ether oxygens (including phenoxy) is 1. The molecule has 2 atom stereocenters. The third-order valence-corrected chi connectivity index (χ3v) is 6.21. The van der Waals surface area contributed by atoms with Crippen molar-refractivity contribution in [3.63, 3.8) is 0 Å². The molecule has 1 aliphatic carbocycles. The van der Waals surface area contributed by atoms with Crippen LogP contribution < -0.4 is 10.6 Å². The highest BCUT2D eigenvalue weighted by atomic mass is 16.5. The first-order valence-electron chi connectivity index (χ1n) is 11.6. The minimum Gasteiger partial charge on any atom is -0.479 e. The molecule has 0 heterocycles. The molecule has 0 spiro atoms. The summed E-state index contributed by atoms with van der Waals surface area (Å²) in [6.07, 6.45) is 1.44. The Morgan fingerprint density at radius 3 is 2.18 bits per heavy atom. The monoisotopic (exact) mass is 468 g/mol. The number of benzene rings is 2. The van der Waals surface area contributed by atoms with Gasteiger partial charge in [-0.2, -0.15) is 0 Å². The molecule has 0 radical (unpaired) electrons. The number of carboxylic acids is 1. The molecule has 2 aromatic carbocycles. The number of rotatable bonds is 11. The number of unbranched alkanes of at least 4 members (excludes halogenated alkanes) is 1. The molecule has 0 bridgehead atoms. The standard InChI is InChI=1S/C26H32N2O6/c1-3-4-9-17(14-23(30)28-26(2,16-29)24(31)32)27-25(33)34-15-22-20-12-7-5-10-18(20)19-11-6-8-13-21(19)22/h5-8,10-13,17,22,29H,3-4,9,14-16H2,1-2H3,(H,27,33)(H,28,30)(H,31,32)/t17-,26?/m1/s1. The maximum absolute atomic E-state index is 12.6. The first kappa shape index (κ1) is 25.2. The van der Waals surface area contributed by atoms with E-state index in [-0.39, 0.29) is 18.9 Å². The predicted molar refractivity (Wildman–Crippen MR) is 127 cm³/mol. The zero-order valence-corrected chi connectivity index (χ0v) is 19.5. The lowest BCUT2D eigenvalue weighted by Gasteiger charge is -2.25. The van der Waals surface area contributed by atoms with Crippen LogP contribution in [0.15, 0.2) is 48.5 Å². The van der Waals surface area contributed by atoms with E-state index in [0.717, 1.165) is 35.1 Å². The predicted octanol–water partition coefficient (Wildman–Crippen LogP) is 3.43. The largest absolute Gasteiger partial charge is 0.479 e. The molecule has 34 heavy (non-hydrogen) atoms. The second-order valence-electron chi connectivity index (χ2n) is 8.86. The van der Waals surface area contributed by atoms with Gasteiger partial charge in [0, 0.05) is 18.4 Å². The normalized spacial score (nSPS) is 14.9. The molecule has 0 fully saturated rings. The van der Waals surface area contributed by atoms with Gasteiger partial charge in [-0.05, 0) is 35.6 Å². The van der Waals surface area contributed by atoms with Crippen molar-refractivity contribution in [3.8, 4) is 11.1 Å². The summed E-state index contributed by atoms with van der Waals surface area (Å²) in [6, 6.07) is 15.6. The number of carboxylic acid groups (broad SMARTS) is 1. The van der Waals surface area contributed by atoms with Crippen LogP contribution in [-0.2, 0) is 14.3 Å². The molecule has 0 aromatic heterocycles. The van der Waals surface area contributed by atoms with Crippen LogP contribution in [0.3, 0.4) is 0 Å². The summed E-state index contributed by atoms with van der Waals surface area (Å²) in [6.45, 7) is 2.65. The summed E-state index contributed by atoms with van der Waals surface area (Å²) < 4.78 is 5.58. The van der Waals surface area contributed by atoms with Crippen LogP contribution >= 0.6 is 0 Å². The number of carbonyl (C=O) groups is 3. The van der Waals surface area contributed by atoms with Crippen LogP contribution in [0, 0.1) is 0 Å². The Hall–Kier alpha value is -3.39. The minimum atomic E-state index is -1.78. The lowest BCUT2D eigenvalue weighted by Crippen LogP contribution is -2.56. The van der Waals surface area contributed by atoms with E-state index < -0.39 is 36.2 Å². The van der Waals surface area contributed by atoms with Crippen molar-refractivity contribution in [2.75, 3.05) is 13.2 Å². The number of fused-ring (bicyclic) bond motifs is 3. The van der Waals surface area contributed by atoms with Crippen LogP contribution in [0.2, 0.25) is 0 Å². The molecule has 0 saturated carbocycles. The number of alkyl carbamates (subject to hydrolysis) is 1. The summed E-state index contributed by atoms with van der Waals surface area (Å²) in [5.41, 5.74) is 2.70. The van der Waals surface area contributed by atoms with E-state index in [9.17, 15) is 24.6 Å². The van der Waals surface area contributed by atoms with Gasteiger partial charge in [-0.1, -0.05) is 68.3 Å². The van der Waals surface area contributed by atoms with Crippen molar-refractivity contribution in [2.24, 2.45) is 0 Å². The Bertz CT molecular complexity index is 994. The maximum atomic E-state index is 12.6.